The molecule has 0 N–H and O–H groups in total. The summed E-state index contributed by atoms with van der Waals surface area (Å²) in [5.74, 6) is 0. The van der Waals surface area contributed by atoms with Crippen molar-refractivity contribution in [2.75, 3.05) is 0 Å². The molecule has 0 spiro atoms. The van der Waals surface area contributed by atoms with E-state index < -0.39 is 0 Å². The van der Waals surface area contributed by atoms with Crippen molar-refractivity contribution in [3.05, 3.63) is 33.7 Å². The van der Waals surface area contributed by atoms with Gasteiger partial charge in [0.15, 0.2) is 0 Å². The molecular weight excluding hydrogens is 308 g/mol. The lowest BCUT2D eigenvalue weighted by Crippen LogP contribution is -2.20. The van der Waals surface area contributed by atoms with Gasteiger partial charge in [-0.3, -0.25) is 0 Å². The molecule has 24 heavy (non-hydrogen) atoms. The van der Waals surface area contributed by atoms with E-state index in [4.69, 9.17) is 0 Å². The van der Waals surface area contributed by atoms with E-state index in [1.807, 2.05) is 0 Å². The molecule has 1 aliphatic rings. The summed E-state index contributed by atoms with van der Waals surface area (Å²) >= 11 is 2.08. The van der Waals surface area contributed by atoms with Gasteiger partial charge in [0, 0.05) is 20.4 Å². The number of fused-ring (bicyclic) bond motifs is 3. The normalized spacial score (nSPS) is 19.8. The lowest BCUT2D eigenvalue weighted by atomic mass is 9.76. The van der Waals surface area contributed by atoms with Crippen LogP contribution in [0.3, 0.4) is 0 Å². The smallest absolute Gasteiger partial charge is 0.0389 e. The van der Waals surface area contributed by atoms with E-state index in [1.165, 1.54) is 17.5 Å². The Balaban J connectivity index is 2.52. The second-order valence-corrected chi connectivity index (χ2v) is 12.1. The van der Waals surface area contributed by atoms with Crippen LogP contribution in [0.25, 0.3) is 10.1 Å². The van der Waals surface area contributed by atoms with E-state index in [0.29, 0.717) is 0 Å². The number of thiophene rings is 1. The van der Waals surface area contributed by atoms with Gasteiger partial charge in [0.05, 0.1) is 0 Å². The van der Waals surface area contributed by atoms with Crippen LogP contribution >= 0.6 is 11.3 Å². The van der Waals surface area contributed by atoms with Gasteiger partial charge in [0.1, 0.15) is 0 Å². The molecule has 3 rings (SSSR count). The molecule has 1 heterocycles. The van der Waals surface area contributed by atoms with Crippen LogP contribution in [-0.4, -0.2) is 0 Å². The highest BCUT2D eigenvalue weighted by atomic mass is 32.1. The number of hydrogen-bond acceptors (Lipinski definition) is 1. The Hall–Kier alpha value is -0.820. The predicted molar refractivity (Wildman–Crippen MR) is 110 cm³/mol. The molecule has 0 atom stereocenters. The molecule has 0 saturated heterocycles. The summed E-state index contributed by atoms with van der Waals surface area (Å²) in [6.45, 7) is 23.9. The minimum atomic E-state index is 0.173. The molecule has 0 nitrogen and oxygen atoms in total. The van der Waals surface area contributed by atoms with Crippen molar-refractivity contribution in [1.29, 1.82) is 0 Å². The molecular formula is C23H34S. The first-order valence-electron chi connectivity index (χ1n) is 9.28. The van der Waals surface area contributed by atoms with Crippen LogP contribution in [0.1, 0.15) is 97.2 Å². The lowest BCUT2D eigenvalue weighted by molar-refractivity contribution is 0.406. The average molecular weight is 343 g/mol. The molecule has 1 aromatic heterocycles. The van der Waals surface area contributed by atoms with Crippen molar-refractivity contribution >= 4 is 21.4 Å². The Kier molecular flexibility index (Phi) is 3.65. The second kappa shape index (κ2) is 4.87. The summed E-state index contributed by atoms with van der Waals surface area (Å²) in [4.78, 5) is 1.63. The van der Waals surface area contributed by atoms with Crippen LogP contribution in [0.4, 0.5) is 0 Å². The molecule has 132 valence electrons. The van der Waals surface area contributed by atoms with Crippen LogP contribution in [0.2, 0.25) is 0 Å². The maximum absolute atomic E-state index is 2.45. The molecule has 0 aliphatic heterocycles. The van der Waals surface area contributed by atoms with Crippen molar-refractivity contribution in [2.24, 2.45) is 0 Å². The fourth-order valence-corrected chi connectivity index (χ4v) is 6.65. The van der Waals surface area contributed by atoms with Crippen molar-refractivity contribution in [2.45, 2.75) is 97.3 Å². The topological polar surface area (TPSA) is 0 Å². The molecule has 0 unspecified atom stereocenters. The third kappa shape index (κ3) is 2.55. The summed E-state index contributed by atoms with van der Waals surface area (Å²) < 4.78 is 1.54. The Morgan fingerprint density at radius 1 is 0.792 bits per heavy atom. The summed E-state index contributed by atoms with van der Waals surface area (Å²) in [6, 6.07) is 4.81. The molecule has 1 aromatic carbocycles. The highest BCUT2D eigenvalue weighted by Gasteiger charge is 2.46. The van der Waals surface area contributed by atoms with E-state index in [9.17, 15) is 0 Å². The number of benzene rings is 1. The van der Waals surface area contributed by atoms with Crippen LogP contribution in [-0.2, 0) is 21.7 Å². The SMILES string of the molecule is CC(C)(C)c1ccc(C(C)(C)C)c2c3c(sc12)C(C)(C)CC3(C)C. The number of hydrogen-bond donors (Lipinski definition) is 0. The predicted octanol–water partition coefficient (Wildman–Crippen LogP) is 7.46. The zero-order valence-corrected chi connectivity index (χ0v) is 18.1. The Bertz CT molecular complexity index is 801. The monoisotopic (exact) mass is 342 g/mol. The molecule has 0 bridgehead atoms. The van der Waals surface area contributed by atoms with Crippen molar-refractivity contribution < 1.29 is 0 Å². The first kappa shape index (κ1) is 18.0. The fourth-order valence-electron chi connectivity index (χ4n) is 4.81. The molecule has 0 amide bonds. The minimum Gasteiger partial charge on any atom is -0.139 e. The van der Waals surface area contributed by atoms with Gasteiger partial charge in [-0.2, -0.15) is 0 Å². The van der Waals surface area contributed by atoms with Gasteiger partial charge in [-0.1, -0.05) is 81.4 Å². The molecule has 2 aromatic rings. The van der Waals surface area contributed by atoms with Gasteiger partial charge in [-0.05, 0) is 39.4 Å². The summed E-state index contributed by atoms with van der Waals surface area (Å²) in [5, 5.41) is 1.57. The van der Waals surface area contributed by atoms with Crippen molar-refractivity contribution in [3.63, 3.8) is 0 Å². The first-order valence-corrected chi connectivity index (χ1v) is 10.1. The highest BCUT2D eigenvalue weighted by Crippen LogP contribution is 2.58. The van der Waals surface area contributed by atoms with Crippen LogP contribution < -0.4 is 0 Å². The summed E-state index contributed by atoms with van der Waals surface area (Å²) in [6.07, 6.45) is 1.25. The van der Waals surface area contributed by atoms with Crippen LogP contribution in [0.5, 0.6) is 0 Å². The second-order valence-electron chi connectivity index (χ2n) is 11.1. The van der Waals surface area contributed by atoms with Gasteiger partial charge in [-0.25, -0.2) is 0 Å². The molecule has 0 saturated carbocycles. The van der Waals surface area contributed by atoms with Gasteiger partial charge < -0.3 is 0 Å². The average Bonchev–Trinajstić information content (AvgIpc) is 2.81. The largest absolute Gasteiger partial charge is 0.139 e. The Morgan fingerprint density at radius 3 is 1.79 bits per heavy atom. The Morgan fingerprint density at radius 2 is 1.29 bits per heavy atom. The van der Waals surface area contributed by atoms with Gasteiger partial charge in [-0.15, -0.1) is 11.3 Å². The maximum atomic E-state index is 2.45. The zero-order chi connectivity index (χ0) is 18.3. The van der Waals surface area contributed by atoms with Gasteiger partial charge in [0.2, 0.25) is 0 Å². The van der Waals surface area contributed by atoms with Crippen molar-refractivity contribution in [3.8, 4) is 0 Å². The van der Waals surface area contributed by atoms with E-state index in [-0.39, 0.29) is 21.7 Å². The third-order valence-corrected chi connectivity index (χ3v) is 7.22. The zero-order valence-electron chi connectivity index (χ0n) is 17.3. The van der Waals surface area contributed by atoms with E-state index in [2.05, 4.69) is 92.7 Å². The van der Waals surface area contributed by atoms with Gasteiger partial charge >= 0.3 is 0 Å². The van der Waals surface area contributed by atoms with Crippen LogP contribution in [0, 0.1) is 0 Å². The number of rotatable bonds is 0. The molecule has 0 fully saturated rings. The standard InChI is InChI=1S/C23H34S/c1-20(2,3)14-11-12-15(21(4,5)6)18-16(14)17-19(24-18)23(9,10)13-22(17,7)8/h11-12H,13H2,1-10H3. The molecule has 1 aliphatic carbocycles. The maximum Gasteiger partial charge on any atom is 0.0389 e. The summed E-state index contributed by atoms with van der Waals surface area (Å²) in [7, 11) is 0. The summed E-state index contributed by atoms with van der Waals surface area (Å²) in [5.41, 5.74) is 5.57. The fraction of sp³-hybridized carbons (Fsp3) is 0.652. The Labute approximate surface area is 152 Å². The third-order valence-electron chi connectivity index (χ3n) is 5.63. The van der Waals surface area contributed by atoms with E-state index >= 15 is 0 Å². The first-order chi connectivity index (χ1) is 10.7. The molecule has 0 radical (unpaired) electrons. The lowest BCUT2D eigenvalue weighted by Gasteiger charge is -2.29. The quantitative estimate of drug-likeness (QED) is 0.466. The minimum absolute atomic E-state index is 0.173. The van der Waals surface area contributed by atoms with E-state index in [0.717, 1.165) is 0 Å². The van der Waals surface area contributed by atoms with E-state index in [1.54, 1.807) is 20.5 Å². The molecule has 1 heteroatoms. The van der Waals surface area contributed by atoms with Crippen LogP contribution in [0.15, 0.2) is 12.1 Å². The van der Waals surface area contributed by atoms with Crippen molar-refractivity contribution in [1.82, 2.24) is 0 Å². The van der Waals surface area contributed by atoms with Gasteiger partial charge in [0.25, 0.3) is 0 Å². The highest BCUT2D eigenvalue weighted by molar-refractivity contribution is 7.19.